The third kappa shape index (κ3) is 5.49. The van der Waals surface area contributed by atoms with Crippen molar-refractivity contribution in [2.75, 3.05) is 19.8 Å². The van der Waals surface area contributed by atoms with Crippen LogP contribution in [-0.2, 0) is 17.8 Å². The quantitative estimate of drug-likeness (QED) is 0.515. The summed E-state index contributed by atoms with van der Waals surface area (Å²) < 4.78 is 36.7. The Balaban J connectivity index is 1.44. The zero-order valence-electron chi connectivity index (χ0n) is 21.5. The van der Waals surface area contributed by atoms with E-state index in [0.717, 1.165) is 17.9 Å². The third-order valence-electron chi connectivity index (χ3n) is 7.54. The average molecular weight is 517 g/mol. The Morgan fingerprint density at radius 1 is 1.30 bits per heavy atom. The molecule has 2 unspecified atom stereocenters. The Kier molecular flexibility index (Phi) is 7.21. The minimum atomic E-state index is -2.67. The van der Waals surface area contributed by atoms with Crippen LogP contribution in [0.4, 0.5) is 8.78 Å². The first-order chi connectivity index (χ1) is 17.7. The van der Waals surface area contributed by atoms with E-state index < -0.39 is 12.0 Å². The molecule has 1 amide bonds. The van der Waals surface area contributed by atoms with Crippen molar-refractivity contribution < 1.29 is 18.3 Å². The monoisotopic (exact) mass is 516 g/mol. The standard InChI is InChI=1S/C25H34F2N8O2/c1-4-34-21(7-10-28-34)23(36)31-22(18-5-8-25(26,27)9-6-18)20-14-35-24(30-20)29-19(17(3)32-35)13-33-11-12-37-15-16(33)2/h7,10,14,16,18,22H,4-6,8-9,11-13,15H2,1-3H3,(H,31,36). The molecule has 0 bridgehead atoms. The Morgan fingerprint density at radius 2 is 2.08 bits per heavy atom. The molecule has 3 aromatic rings. The van der Waals surface area contributed by atoms with Crippen LogP contribution in [0.25, 0.3) is 5.78 Å². The number of carbonyl (C=O) groups excluding carboxylic acids is 1. The first-order valence-corrected chi connectivity index (χ1v) is 13.0. The molecule has 0 radical (unpaired) electrons. The molecule has 3 aromatic heterocycles. The molecule has 2 fully saturated rings. The lowest BCUT2D eigenvalue weighted by molar-refractivity contribution is -0.0495. The molecule has 1 N–H and O–H groups in total. The number of morpholine rings is 1. The number of nitrogens with one attached hydrogen (secondary N) is 1. The van der Waals surface area contributed by atoms with Crippen molar-refractivity contribution in [1.82, 2.24) is 39.6 Å². The van der Waals surface area contributed by atoms with E-state index in [1.165, 1.54) is 0 Å². The molecule has 2 aliphatic rings. The topological polar surface area (TPSA) is 102 Å². The normalized spacial score (nSPS) is 21.8. The molecule has 200 valence electrons. The van der Waals surface area contributed by atoms with Crippen molar-refractivity contribution >= 4 is 11.7 Å². The highest BCUT2D eigenvalue weighted by Gasteiger charge is 2.39. The van der Waals surface area contributed by atoms with Crippen molar-refractivity contribution in [3.63, 3.8) is 0 Å². The summed E-state index contributed by atoms with van der Waals surface area (Å²) in [5.41, 5.74) is 2.62. The van der Waals surface area contributed by atoms with Crippen molar-refractivity contribution in [2.45, 2.75) is 77.6 Å². The highest BCUT2D eigenvalue weighted by molar-refractivity contribution is 5.92. The van der Waals surface area contributed by atoms with Gasteiger partial charge in [-0.2, -0.15) is 10.2 Å². The van der Waals surface area contributed by atoms with Gasteiger partial charge in [-0.25, -0.2) is 23.3 Å². The van der Waals surface area contributed by atoms with Gasteiger partial charge in [0, 0.05) is 44.7 Å². The first-order valence-electron chi connectivity index (χ1n) is 13.0. The van der Waals surface area contributed by atoms with E-state index in [9.17, 15) is 13.6 Å². The Morgan fingerprint density at radius 3 is 2.81 bits per heavy atom. The summed E-state index contributed by atoms with van der Waals surface area (Å²) in [6, 6.07) is 1.39. The molecular weight excluding hydrogens is 482 g/mol. The van der Waals surface area contributed by atoms with Crippen molar-refractivity contribution in [3.05, 3.63) is 41.2 Å². The predicted octanol–water partition coefficient (Wildman–Crippen LogP) is 3.17. The Hall–Kier alpha value is -2.99. The molecular formula is C25H34F2N8O2. The predicted molar refractivity (Wildman–Crippen MR) is 131 cm³/mol. The van der Waals surface area contributed by atoms with Crippen LogP contribution < -0.4 is 5.32 Å². The van der Waals surface area contributed by atoms with Gasteiger partial charge in [0.05, 0.1) is 42.5 Å². The highest BCUT2D eigenvalue weighted by Crippen LogP contribution is 2.41. The number of hydrogen-bond donors (Lipinski definition) is 1. The van der Waals surface area contributed by atoms with Crippen LogP contribution >= 0.6 is 0 Å². The lowest BCUT2D eigenvalue weighted by Crippen LogP contribution is -2.43. The van der Waals surface area contributed by atoms with Gasteiger partial charge in [-0.3, -0.25) is 14.4 Å². The van der Waals surface area contributed by atoms with Gasteiger partial charge in [-0.1, -0.05) is 0 Å². The van der Waals surface area contributed by atoms with Crippen LogP contribution in [0.15, 0.2) is 18.5 Å². The number of nitrogens with zero attached hydrogens (tertiary/aromatic N) is 7. The number of rotatable bonds is 7. The number of halogens is 2. The van der Waals surface area contributed by atoms with E-state index in [-0.39, 0.29) is 30.7 Å². The number of aromatic nitrogens is 6. The summed E-state index contributed by atoms with van der Waals surface area (Å²) >= 11 is 0. The molecule has 5 rings (SSSR count). The SMILES string of the molecule is CCn1nccc1C(=O)NC(c1cn2nc(C)c(CN3CCOCC3C)nc2n1)C1CCC(F)(F)CC1. The molecule has 10 nitrogen and oxygen atoms in total. The maximum atomic E-state index is 14.0. The van der Waals surface area contributed by atoms with E-state index in [4.69, 9.17) is 14.7 Å². The van der Waals surface area contributed by atoms with Gasteiger partial charge in [-0.15, -0.1) is 0 Å². The van der Waals surface area contributed by atoms with Crippen LogP contribution in [0.2, 0.25) is 0 Å². The van der Waals surface area contributed by atoms with Crippen LogP contribution in [-0.4, -0.2) is 71.9 Å². The number of hydrogen-bond acceptors (Lipinski definition) is 7. The van der Waals surface area contributed by atoms with E-state index in [0.29, 0.717) is 56.3 Å². The van der Waals surface area contributed by atoms with Crippen LogP contribution in [0, 0.1) is 12.8 Å². The van der Waals surface area contributed by atoms with E-state index in [2.05, 4.69) is 27.3 Å². The number of carbonyl (C=O) groups is 1. The fourth-order valence-corrected chi connectivity index (χ4v) is 5.26. The molecule has 1 saturated heterocycles. The lowest BCUT2D eigenvalue weighted by atomic mass is 9.81. The number of imidazole rings is 1. The molecule has 12 heteroatoms. The molecule has 1 saturated carbocycles. The summed E-state index contributed by atoms with van der Waals surface area (Å²) in [5, 5.41) is 11.9. The second-order valence-electron chi connectivity index (χ2n) is 10.1. The zero-order valence-corrected chi connectivity index (χ0v) is 21.5. The second-order valence-corrected chi connectivity index (χ2v) is 10.1. The maximum absolute atomic E-state index is 14.0. The third-order valence-corrected chi connectivity index (χ3v) is 7.54. The molecule has 2 atom stereocenters. The summed E-state index contributed by atoms with van der Waals surface area (Å²) in [4.78, 5) is 25.0. The maximum Gasteiger partial charge on any atom is 0.270 e. The van der Waals surface area contributed by atoms with Gasteiger partial charge >= 0.3 is 0 Å². The number of alkyl halides is 2. The molecule has 0 aromatic carbocycles. The average Bonchev–Trinajstić information content (AvgIpc) is 3.51. The number of amides is 1. The molecule has 1 aliphatic heterocycles. The van der Waals surface area contributed by atoms with Crippen LogP contribution in [0.3, 0.4) is 0 Å². The lowest BCUT2D eigenvalue weighted by Gasteiger charge is -2.33. The summed E-state index contributed by atoms with van der Waals surface area (Å²) in [5.74, 6) is -2.73. The Labute approximate surface area is 214 Å². The van der Waals surface area contributed by atoms with Gasteiger partial charge in [0.2, 0.25) is 5.92 Å². The minimum absolute atomic E-state index is 0.179. The second kappa shape index (κ2) is 10.4. The van der Waals surface area contributed by atoms with Gasteiger partial charge in [0.15, 0.2) is 0 Å². The minimum Gasteiger partial charge on any atom is -0.379 e. The fraction of sp³-hybridized carbons (Fsp3) is 0.640. The highest BCUT2D eigenvalue weighted by atomic mass is 19.3. The smallest absolute Gasteiger partial charge is 0.270 e. The van der Waals surface area contributed by atoms with Crippen LogP contribution in [0.5, 0.6) is 0 Å². The van der Waals surface area contributed by atoms with Crippen molar-refractivity contribution in [2.24, 2.45) is 5.92 Å². The molecule has 4 heterocycles. The summed E-state index contributed by atoms with van der Waals surface area (Å²) in [6.07, 6.45) is 3.50. The van der Waals surface area contributed by atoms with Gasteiger partial charge < -0.3 is 10.1 Å². The zero-order chi connectivity index (χ0) is 26.2. The Bertz CT molecular complexity index is 1250. The van der Waals surface area contributed by atoms with Crippen molar-refractivity contribution in [3.8, 4) is 0 Å². The largest absolute Gasteiger partial charge is 0.379 e. The fourth-order valence-electron chi connectivity index (χ4n) is 5.26. The number of aryl methyl sites for hydroxylation is 2. The van der Waals surface area contributed by atoms with Gasteiger partial charge in [0.1, 0.15) is 5.69 Å². The van der Waals surface area contributed by atoms with E-state index in [1.54, 1.807) is 27.7 Å². The van der Waals surface area contributed by atoms with Gasteiger partial charge in [0.25, 0.3) is 11.7 Å². The number of fused-ring (bicyclic) bond motifs is 1. The van der Waals surface area contributed by atoms with Gasteiger partial charge in [-0.05, 0) is 45.6 Å². The molecule has 1 aliphatic carbocycles. The molecule has 37 heavy (non-hydrogen) atoms. The van der Waals surface area contributed by atoms with E-state index in [1.807, 2.05) is 13.8 Å². The number of ether oxygens (including phenoxy) is 1. The van der Waals surface area contributed by atoms with Crippen molar-refractivity contribution in [1.29, 1.82) is 0 Å². The summed E-state index contributed by atoms with van der Waals surface area (Å²) in [6.45, 7) is 9.32. The van der Waals surface area contributed by atoms with Crippen LogP contribution in [0.1, 0.15) is 73.1 Å². The molecule has 0 spiro atoms. The summed E-state index contributed by atoms with van der Waals surface area (Å²) in [7, 11) is 0. The van der Waals surface area contributed by atoms with E-state index >= 15 is 0 Å². The first kappa shape index (κ1) is 25.7.